The lowest BCUT2D eigenvalue weighted by Gasteiger charge is -2.12. The van der Waals surface area contributed by atoms with E-state index in [0.717, 1.165) is 5.56 Å². The van der Waals surface area contributed by atoms with Gasteiger partial charge in [-0.3, -0.25) is 4.79 Å². The fraction of sp³-hybridized carbons (Fsp3) is 0.364. The molecule has 1 rings (SSSR count). The highest BCUT2D eigenvalue weighted by Gasteiger charge is 2.18. The molecule has 4 heteroatoms. The highest BCUT2D eigenvalue weighted by atomic mass is 79.9. The zero-order valence-electron chi connectivity index (χ0n) is 8.59. The van der Waals surface area contributed by atoms with Crippen LogP contribution in [0.3, 0.4) is 0 Å². The van der Waals surface area contributed by atoms with Gasteiger partial charge in [-0.25, -0.2) is 0 Å². The third kappa shape index (κ3) is 2.95. The smallest absolute Gasteiger partial charge is 0.147 e. The van der Waals surface area contributed by atoms with Gasteiger partial charge in [-0.05, 0) is 25.5 Å². The summed E-state index contributed by atoms with van der Waals surface area (Å²) >= 11 is 9.42. The maximum Gasteiger partial charge on any atom is 0.147 e. The molecule has 0 aliphatic heterocycles. The van der Waals surface area contributed by atoms with E-state index in [1.54, 1.807) is 6.07 Å². The summed E-state index contributed by atoms with van der Waals surface area (Å²) in [5.74, 6) is 0.632. The van der Waals surface area contributed by atoms with Gasteiger partial charge in [0.25, 0.3) is 0 Å². The first-order valence-electron chi connectivity index (χ1n) is 4.63. The van der Waals surface area contributed by atoms with E-state index in [2.05, 4.69) is 15.9 Å². The van der Waals surface area contributed by atoms with Crippen molar-refractivity contribution in [1.29, 1.82) is 0 Å². The lowest BCUT2D eigenvalue weighted by atomic mass is 10.1. The van der Waals surface area contributed by atoms with Crippen molar-refractivity contribution in [2.24, 2.45) is 0 Å². The van der Waals surface area contributed by atoms with Crippen LogP contribution in [-0.4, -0.2) is 12.4 Å². The van der Waals surface area contributed by atoms with Gasteiger partial charge in [-0.15, -0.1) is 0 Å². The summed E-state index contributed by atoms with van der Waals surface area (Å²) < 4.78 is 5.34. The normalized spacial score (nSPS) is 12.3. The van der Waals surface area contributed by atoms with Crippen LogP contribution < -0.4 is 4.74 Å². The molecular weight excluding hydrogens is 279 g/mol. The molecule has 0 bridgehead atoms. The fourth-order valence-electron chi connectivity index (χ4n) is 1.21. The molecule has 0 fully saturated rings. The SMILES string of the molecule is CCOc1cccc(C(Br)C(C)=O)c1Cl. The first kappa shape index (κ1) is 12.5. The Bertz CT molecular complexity index is 366. The third-order valence-electron chi connectivity index (χ3n) is 1.92. The van der Waals surface area contributed by atoms with Gasteiger partial charge in [0.05, 0.1) is 16.5 Å². The maximum absolute atomic E-state index is 11.2. The molecule has 0 heterocycles. The number of hydrogen-bond donors (Lipinski definition) is 0. The minimum absolute atomic E-state index is 0.0190. The summed E-state index contributed by atoms with van der Waals surface area (Å²) in [5.41, 5.74) is 0.745. The topological polar surface area (TPSA) is 26.3 Å². The Morgan fingerprint density at radius 2 is 2.27 bits per heavy atom. The largest absolute Gasteiger partial charge is 0.492 e. The van der Waals surface area contributed by atoms with Crippen molar-refractivity contribution < 1.29 is 9.53 Å². The molecule has 0 aromatic heterocycles. The van der Waals surface area contributed by atoms with Crippen LogP contribution >= 0.6 is 27.5 Å². The molecule has 0 saturated carbocycles. The Morgan fingerprint density at radius 1 is 1.60 bits per heavy atom. The summed E-state index contributed by atoms with van der Waals surface area (Å²) in [7, 11) is 0. The number of Topliss-reactive ketones (excluding diaryl/α,β-unsaturated/α-hetero) is 1. The lowest BCUT2D eigenvalue weighted by molar-refractivity contribution is -0.116. The molecule has 0 aliphatic rings. The minimum Gasteiger partial charge on any atom is -0.492 e. The molecule has 15 heavy (non-hydrogen) atoms. The number of carbonyl (C=O) groups is 1. The van der Waals surface area contributed by atoms with Crippen LogP contribution in [0.5, 0.6) is 5.75 Å². The Hall–Kier alpha value is -0.540. The van der Waals surface area contributed by atoms with E-state index < -0.39 is 0 Å². The lowest BCUT2D eigenvalue weighted by Crippen LogP contribution is -2.03. The van der Waals surface area contributed by atoms with Gasteiger partial charge < -0.3 is 4.74 Å². The number of ether oxygens (including phenoxy) is 1. The number of carbonyl (C=O) groups excluding carboxylic acids is 1. The van der Waals surface area contributed by atoms with Crippen molar-refractivity contribution in [3.05, 3.63) is 28.8 Å². The first-order chi connectivity index (χ1) is 7.07. The molecule has 0 amide bonds. The summed E-state index contributed by atoms with van der Waals surface area (Å²) in [6, 6.07) is 5.42. The molecular formula is C11H12BrClO2. The maximum atomic E-state index is 11.2. The van der Waals surface area contributed by atoms with Crippen LogP contribution in [0.2, 0.25) is 5.02 Å². The number of alkyl halides is 1. The van der Waals surface area contributed by atoms with Gasteiger partial charge in [0.2, 0.25) is 0 Å². The summed E-state index contributed by atoms with van der Waals surface area (Å²) in [4.78, 5) is 10.8. The average molecular weight is 292 g/mol. The highest BCUT2D eigenvalue weighted by molar-refractivity contribution is 9.09. The molecule has 0 saturated heterocycles. The number of ketones is 1. The van der Waals surface area contributed by atoms with Gasteiger partial charge in [-0.2, -0.15) is 0 Å². The predicted octanol–water partition coefficient (Wildman–Crippen LogP) is 3.76. The highest BCUT2D eigenvalue weighted by Crippen LogP contribution is 2.35. The third-order valence-corrected chi connectivity index (χ3v) is 3.47. The second-order valence-corrected chi connectivity index (χ2v) is 4.36. The van der Waals surface area contributed by atoms with E-state index in [4.69, 9.17) is 16.3 Å². The molecule has 1 aromatic rings. The van der Waals surface area contributed by atoms with Crippen molar-refractivity contribution in [3.8, 4) is 5.75 Å². The Balaban J connectivity index is 3.08. The van der Waals surface area contributed by atoms with Crippen molar-refractivity contribution in [3.63, 3.8) is 0 Å². The standard InChI is InChI=1S/C11H12BrClO2/c1-3-15-9-6-4-5-8(11(9)13)10(12)7(2)14/h4-6,10H,3H2,1-2H3. The Kier molecular flexibility index (Phi) is 4.61. The number of rotatable bonds is 4. The Morgan fingerprint density at radius 3 is 2.80 bits per heavy atom. The van der Waals surface area contributed by atoms with Crippen molar-refractivity contribution >= 4 is 33.3 Å². The van der Waals surface area contributed by atoms with Gasteiger partial charge in [0.1, 0.15) is 11.5 Å². The molecule has 0 N–H and O–H groups in total. The molecule has 1 unspecified atom stereocenters. The van der Waals surface area contributed by atoms with Gasteiger partial charge >= 0.3 is 0 Å². The fourth-order valence-corrected chi connectivity index (χ4v) is 2.01. The van der Waals surface area contributed by atoms with E-state index >= 15 is 0 Å². The molecule has 82 valence electrons. The monoisotopic (exact) mass is 290 g/mol. The zero-order valence-corrected chi connectivity index (χ0v) is 10.9. The summed E-state index contributed by atoms with van der Waals surface area (Å²) in [6.07, 6.45) is 0. The Labute approximate surface area is 103 Å². The number of halogens is 2. The quantitative estimate of drug-likeness (QED) is 0.790. The molecule has 0 aliphatic carbocycles. The average Bonchev–Trinajstić information content (AvgIpc) is 2.20. The molecule has 2 nitrogen and oxygen atoms in total. The van der Waals surface area contributed by atoms with Gasteiger partial charge in [-0.1, -0.05) is 39.7 Å². The summed E-state index contributed by atoms with van der Waals surface area (Å²) in [6.45, 7) is 3.96. The van der Waals surface area contributed by atoms with Crippen molar-refractivity contribution in [1.82, 2.24) is 0 Å². The second kappa shape index (κ2) is 5.52. The molecule has 0 radical (unpaired) electrons. The first-order valence-corrected chi connectivity index (χ1v) is 5.93. The van der Waals surface area contributed by atoms with E-state index in [1.807, 2.05) is 19.1 Å². The summed E-state index contributed by atoms with van der Waals surface area (Å²) in [5, 5.41) is 0.497. The number of hydrogen-bond acceptors (Lipinski definition) is 2. The van der Waals surface area contributed by atoms with Crippen LogP contribution in [0.25, 0.3) is 0 Å². The van der Waals surface area contributed by atoms with Crippen LogP contribution in [0, 0.1) is 0 Å². The van der Waals surface area contributed by atoms with E-state index in [0.29, 0.717) is 17.4 Å². The van der Waals surface area contributed by atoms with Crippen molar-refractivity contribution in [2.75, 3.05) is 6.61 Å². The van der Waals surface area contributed by atoms with Crippen LogP contribution in [0.15, 0.2) is 18.2 Å². The van der Waals surface area contributed by atoms with Crippen LogP contribution in [0.1, 0.15) is 24.2 Å². The van der Waals surface area contributed by atoms with E-state index in [1.165, 1.54) is 6.92 Å². The van der Waals surface area contributed by atoms with Crippen LogP contribution in [-0.2, 0) is 4.79 Å². The van der Waals surface area contributed by atoms with E-state index in [-0.39, 0.29) is 10.6 Å². The van der Waals surface area contributed by atoms with Crippen LogP contribution in [0.4, 0.5) is 0 Å². The van der Waals surface area contributed by atoms with E-state index in [9.17, 15) is 4.79 Å². The van der Waals surface area contributed by atoms with Gasteiger partial charge in [0, 0.05) is 0 Å². The molecule has 1 atom stereocenters. The van der Waals surface area contributed by atoms with Gasteiger partial charge in [0.15, 0.2) is 0 Å². The second-order valence-electron chi connectivity index (χ2n) is 3.07. The predicted molar refractivity (Wildman–Crippen MR) is 65.0 cm³/mol. The molecule has 0 spiro atoms. The van der Waals surface area contributed by atoms with Crippen molar-refractivity contribution in [2.45, 2.75) is 18.7 Å². The zero-order chi connectivity index (χ0) is 11.4. The minimum atomic E-state index is -0.370. The number of benzene rings is 1. The molecule has 1 aromatic carbocycles.